The maximum absolute atomic E-state index is 12.6. The number of rotatable bonds is 5. The molecule has 172 valence electrons. The number of nitrogens with one attached hydrogen (secondary N) is 2. The van der Waals surface area contributed by atoms with Crippen molar-refractivity contribution in [2.45, 2.75) is 46.1 Å². The number of carbonyl (C=O) groups is 3. The third-order valence-corrected chi connectivity index (χ3v) is 5.28. The molecule has 0 bridgehead atoms. The van der Waals surface area contributed by atoms with Crippen molar-refractivity contribution < 1.29 is 19.1 Å². The van der Waals surface area contributed by atoms with E-state index in [0.717, 1.165) is 25.9 Å². The lowest BCUT2D eigenvalue weighted by molar-refractivity contribution is -0.122. The van der Waals surface area contributed by atoms with E-state index in [2.05, 4.69) is 39.8 Å². The van der Waals surface area contributed by atoms with Gasteiger partial charge in [0.15, 0.2) is 11.9 Å². The minimum Gasteiger partial charge on any atom is -0.478 e. The number of ether oxygens (including phenoxy) is 1. The van der Waals surface area contributed by atoms with Gasteiger partial charge in [-0.15, -0.1) is 0 Å². The summed E-state index contributed by atoms with van der Waals surface area (Å²) < 4.78 is 5.66. The number of hydrogen-bond acceptors (Lipinski definition) is 5. The molecule has 1 unspecified atom stereocenters. The Hall–Kier alpha value is -3.35. The van der Waals surface area contributed by atoms with Crippen LogP contribution in [0.3, 0.4) is 0 Å². The summed E-state index contributed by atoms with van der Waals surface area (Å²) in [7, 11) is 0. The number of fused-ring (bicyclic) bond motifs is 2. The fourth-order valence-electron chi connectivity index (χ4n) is 3.82. The molecule has 2 aromatic rings. The SMILES string of the molecule is C=O.CC.CC1Oc2c(cccc2C(=O)NCCCN2CCCc3ccccc32)NC1=O. The number of anilines is 2. The molecule has 0 aliphatic carbocycles. The molecule has 2 heterocycles. The van der Waals surface area contributed by atoms with Crippen LogP contribution in [0.15, 0.2) is 42.5 Å². The van der Waals surface area contributed by atoms with E-state index < -0.39 is 6.10 Å². The van der Waals surface area contributed by atoms with E-state index in [1.165, 1.54) is 17.7 Å². The molecule has 7 nitrogen and oxygen atoms in total. The Morgan fingerprint density at radius 2 is 1.94 bits per heavy atom. The molecule has 0 fully saturated rings. The summed E-state index contributed by atoms with van der Waals surface area (Å²) in [5.74, 6) is 0.0585. The highest BCUT2D eigenvalue weighted by Crippen LogP contribution is 2.33. The van der Waals surface area contributed by atoms with Crippen molar-refractivity contribution in [1.29, 1.82) is 0 Å². The molecule has 2 amide bonds. The molecule has 0 saturated heterocycles. The Balaban J connectivity index is 0.000000860. The van der Waals surface area contributed by atoms with Crippen molar-refractivity contribution in [2.24, 2.45) is 0 Å². The largest absolute Gasteiger partial charge is 0.478 e. The van der Waals surface area contributed by atoms with Gasteiger partial charge in [-0.1, -0.05) is 38.1 Å². The lowest BCUT2D eigenvalue weighted by Crippen LogP contribution is -2.36. The van der Waals surface area contributed by atoms with Crippen LogP contribution in [-0.4, -0.2) is 44.3 Å². The number of aryl methyl sites for hydroxylation is 1. The van der Waals surface area contributed by atoms with Crippen LogP contribution in [0, 0.1) is 0 Å². The van der Waals surface area contributed by atoms with Crippen LogP contribution in [0.2, 0.25) is 0 Å². The van der Waals surface area contributed by atoms with Crippen LogP contribution in [0.25, 0.3) is 0 Å². The van der Waals surface area contributed by atoms with Gasteiger partial charge in [-0.05, 0) is 49.9 Å². The van der Waals surface area contributed by atoms with Crippen LogP contribution in [0.1, 0.15) is 49.5 Å². The number of carbonyl (C=O) groups excluding carboxylic acids is 3. The summed E-state index contributed by atoms with van der Waals surface area (Å²) in [6.07, 6.45) is 2.56. The summed E-state index contributed by atoms with van der Waals surface area (Å²) in [6, 6.07) is 13.8. The second kappa shape index (κ2) is 12.5. The van der Waals surface area contributed by atoms with Crippen molar-refractivity contribution >= 4 is 30.0 Å². The monoisotopic (exact) mass is 439 g/mol. The van der Waals surface area contributed by atoms with Crippen LogP contribution < -0.4 is 20.3 Å². The highest BCUT2D eigenvalue weighted by atomic mass is 16.5. The first-order chi connectivity index (χ1) is 15.6. The molecule has 2 N–H and O–H groups in total. The second-order valence-electron chi connectivity index (χ2n) is 7.26. The van der Waals surface area contributed by atoms with Gasteiger partial charge in [0.05, 0.1) is 11.3 Å². The lowest BCUT2D eigenvalue weighted by Gasteiger charge is -2.31. The topological polar surface area (TPSA) is 87.7 Å². The molecule has 0 saturated carbocycles. The van der Waals surface area contributed by atoms with Crippen LogP contribution in [0.4, 0.5) is 11.4 Å². The van der Waals surface area contributed by atoms with E-state index >= 15 is 0 Å². The normalized spacial score (nSPS) is 15.9. The molecule has 1 atom stereocenters. The molecular weight excluding hydrogens is 406 g/mol. The Morgan fingerprint density at radius 3 is 2.72 bits per heavy atom. The Bertz CT molecular complexity index is 916. The zero-order chi connectivity index (χ0) is 23.5. The van der Waals surface area contributed by atoms with Crippen LogP contribution >= 0.6 is 0 Å². The fourth-order valence-corrected chi connectivity index (χ4v) is 3.82. The van der Waals surface area contributed by atoms with Crippen molar-refractivity contribution in [3.05, 3.63) is 53.6 Å². The summed E-state index contributed by atoms with van der Waals surface area (Å²) in [5.41, 5.74) is 3.71. The first-order valence-electron chi connectivity index (χ1n) is 11.1. The molecule has 2 aliphatic heterocycles. The Kier molecular flexibility index (Phi) is 9.73. The molecular formula is C25H33N3O4. The smallest absolute Gasteiger partial charge is 0.265 e. The lowest BCUT2D eigenvalue weighted by atomic mass is 10.0. The standard InChI is InChI=1S/C22H25N3O3.C2H6.CH2O/c1-15-21(26)24-18-10-4-9-17(20(18)28-15)22(27)23-12-6-14-25-13-5-8-16-7-2-3-11-19(16)25;2*1-2/h2-4,7,9-11,15H,5-6,8,12-14H2,1H3,(H,23,27)(H,24,26);1-2H3;1H2. The highest BCUT2D eigenvalue weighted by Gasteiger charge is 2.27. The third kappa shape index (κ3) is 5.87. The number of hydrogen-bond donors (Lipinski definition) is 2. The van der Waals surface area contributed by atoms with E-state index in [4.69, 9.17) is 9.53 Å². The minimum atomic E-state index is -0.611. The summed E-state index contributed by atoms with van der Waals surface area (Å²) in [6.45, 7) is 10.2. The van der Waals surface area contributed by atoms with Crippen molar-refractivity contribution in [3.8, 4) is 5.75 Å². The molecule has 0 radical (unpaired) electrons. The van der Waals surface area contributed by atoms with Crippen molar-refractivity contribution in [1.82, 2.24) is 5.32 Å². The number of benzene rings is 2. The molecule has 32 heavy (non-hydrogen) atoms. The first kappa shape index (κ1) is 24.9. The number of nitrogens with zero attached hydrogens (tertiary/aromatic N) is 1. The second-order valence-corrected chi connectivity index (χ2v) is 7.26. The maximum atomic E-state index is 12.6. The van der Waals surface area contributed by atoms with Gasteiger partial charge in [0, 0.05) is 25.3 Å². The van der Waals surface area contributed by atoms with Gasteiger partial charge in [0.1, 0.15) is 6.79 Å². The number of amides is 2. The van der Waals surface area contributed by atoms with E-state index in [0.29, 0.717) is 23.5 Å². The predicted octanol–water partition coefficient (Wildman–Crippen LogP) is 3.82. The minimum absolute atomic E-state index is 0.181. The summed E-state index contributed by atoms with van der Waals surface area (Å²) in [4.78, 5) is 34.8. The molecule has 7 heteroatoms. The van der Waals surface area contributed by atoms with E-state index in [1.807, 2.05) is 20.6 Å². The highest BCUT2D eigenvalue weighted by molar-refractivity contribution is 6.03. The van der Waals surface area contributed by atoms with Gasteiger partial charge in [0.25, 0.3) is 11.8 Å². The third-order valence-electron chi connectivity index (χ3n) is 5.28. The maximum Gasteiger partial charge on any atom is 0.265 e. The van der Waals surface area contributed by atoms with E-state index in [1.54, 1.807) is 25.1 Å². The average Bonchev–Trinajstić information content (AvgIpc) is 2.84. The van der Waals surface area contributed by atoms with Crippen LogP contribution in [0.5, 0.6) is 5.75 Å². The quantitative estimate of drug-likeness (QED) is 0.692. The van der Waals surface area contributed by atoms with Gasteiger partial charge in [-0.2, -0.15) is 0 Å². The van der Waals surface area contributed by atoms with Gasteiger partial charge >= 0.3 is 0 Å². The van der Waals surface area contributed by atoms with E-state index in [9.17, 15) is 9.59 Å². The van der Waals surface area contributed by atoms with Crippen molar-refractivity contribution in [3.63, 3.8) is 0 Å². The molecule has 2 aromatic carbocycles. The molecule has 0 spiro atoms. The van der Waals surface area contributed by atoms with Gasteiger partial charge in [0.2, 0.25) is 0 Å². The van der Waals surface area contributed by atoms with Crippen LogP contribution in [-0.2, 0) is 16.0 Å². The summed E-state index contributed by atoms with van der Waals surface area (Å²) >= 11 is 0. The summed E-state index contributed by atoms with van der Waals surface area (Å²) in [5, 5.41) is 5.75. The Morgan fingerprint density at radius 1 is 1.19 bits per heavy atom. The van der Waals surface area contributed by atoms with Gasteiger partial charge < -0.3 is 25.1 Å². The van der Waals surface area contributed by atoms with Crippen molar-refractivity contribution in [2.75, 3.05) is 29.9 Å². The molecule has 0 aromatic heterocycles. The van der Waals surface area contributed by atoms with Gasteiger partial charge in [-0.25, -0.2) is 0 Å². The van der Waals surface area contributed by atoms with E-state index in [-0.39, 0.29) is 11.8 Å². The predicted molar refractivity (Wildman–Crippen MR) is 128 cm³/mol. The number of para-hydroxylation sites is 2. The fraction of sp³-hybridized carbons (Fsp3) is 0.400. The Labute approximate surface area is 190 Å². The average molecular weight is 440 g/mol. The zero-order valence-corrected chi connectivity index (χ0v) is 19.1. The zero-order valence-electron chi connectivity index (χ0n) is 19.1. The molecule has 4 rings (SSSR count). The molecule has 2 aliphatic rings. The van der Waals surface area contributed by atoms with Gasteiger partial charge in [-0.3, -0.25) is 9.59 Å². The first-order valence-corrected chi connectivity index (χ1v) is 11.1.